The lowest BCUT2D eigenvalue weighted by molar-refractivity contribution is -0.122. The third-order valence-electron chi connectivity index (χ3n) is 5.21. The summed E-state index contributed by atoms with van der Waals surface area (Å²) in [4.78, 5) is 41.8. The Balaban J connectivity index is 1.77. The van der Waals surface area contributed by atoms with Gasteiger partial charge in [-0.3, -0.25) is 19.3 Å². The van der Waals surface area contributed by atoms with Crippen molar-refractivity contribution in [3.63, 3.8) is 0 Å². The third-order valence-corrected chi connectivity index (χ3v) is 5.21. The predicted octanol–water partition coefficient (Wildman–Crippen LogP) is 1.34. The molecule has 0 bridgehead atoms. The summed E-state index contributed by atoms with van der Waals surface area (Å²) in [5.74, 6) is 0.0885. The Bertz CT molecular complexity index is 961. The van der Waals surface area contributed by atoms with E-state index in [2.05, 4.69) is 15.3 Å². The summed E-state index contributed by atoms with van der Waals surface area (Å²) in [6.07, 6.45) is 0.911. The molecule has 0 aliphatic carbocycles. The summed E-state index contributed by atoms with van der Waals surface area (Å²) < 4.78 is 1.41. The van der Waals surface area contributed by atoms with Crippen molar-refractivity contribution in [3.05, 3.63) is 40.3 Å². The van der Waals surface area contributed by atoms with E-state index in [0.717, 1.165) is 6.42 Å². The van der Waals surface area contributed by atoms with Crippen molar-refractivity contribution >= 4 is 22.6 Å². The molecule has 8 heteroatoms. The number of piperazine rings is 1. The molecule has 1 saturated heterocycles. The Kier molecular flexibility index (Phi) is 7.20. The zero-order valence-electron chi connectivity index (χ0n) is 18.1. The molecule has 8 nitrogen and oxygen atoms in total. The third kappa shape index (κ3) is 5.05. The summed E-state index contributed by atoms with van der Waals surface area (Å²) in [6.45, 7) is 9.87. The molecule has 3 rings (SSSR count). The number of nitrogens with one attached hydrogen (secondary N) is 1. The van der Waals surface area contributed by atoms with Crippen LogP contribution in [-0.4, -0.2) is 70.7 Å². The van der Waals surface area contributed by atoms with Gasteiger partial charge in [0, 0.05) is 44.7 Å². The van der Waals surface area contributed by atoms with Crippen LogP contribution in [0.25, 0.3) is 10.8 Å². The van der Waals surface area contributed by atoms with E-state index in [9.17, 15) is 14.4 Å². The first-order chi connectivity index (χ1) is 14.4. The van der Waals surface area contributed by atoms with Crippen LogP contribution in [0.3, 0.4) is 0 Å². The molecule has 2 heterocycles. The van der Waals surface area contributed by atoms with Crippen molar-refractivity contribution in [1.82, 2.24) is 24.9 Å². The Morgan fingerprint density at radius 2 is 1.77 bits per heavy atom. The van der Waals surface area contributed by atoms with Crippen LogP contribution in [0, 0.1) is 5.92 Å². The van der Waals surface area contributed by atoms with Gasteiger partial charge in [0.2, 0.25) is 5.91 Å². The number of carbonyl (C=O) groups excluding carboxylic acids is 2. The highest BCUT2D eigenvalue weighted by molar-refractivity contribution is 6.04. The first-order valence-corrected chi connectivity index (χ1v) is 10.7. The van der Waals surface area contributed by atoms with Crippen molar-refractivity contribution < 1.29 is 9.59 Å². The average Bonchev–Trinajstić information content (AvgIpc) is 2.74. The molecule has 1 aliphatic rings. The molecule has 1 N–H and O–H groups in total. The summed E-state index contributed by atoms with van der Waals surface area (Å²) in [5, 5.41) is 8.44. The topological polar surface area (TPSA) is 87.5 Å². The van der Waals surface area contributed by atoms with Gasteiger partial charge in [0.15, 0.2) is 5.69 Å². The Labute approximate surface area is 176 Å². The molecular formula is C22H31N5O3. The van der Waals surface area contributed by atoms with Gasteiger partial charge in [-0.1, -0.05) is 39.0 Å². The van der Waals surface area contributed by atoms with E-state index in [1.807, 2.05) is 26.8 Å². The number of benzene rings is 1. The molecule has 162 valence electrons. The molecule has 2 amide bonds. The maximum Gasteiger partial charge on any atom is 0.275 e. The highest BCUT2D eigenvalue weighted by Crippen LogP contribution is 2.17. The summed E-state index contributed by atoms with van der Waals surface area (Å²) in [5.41, 5.74) is 0.152. The van der Waals surface area contributed by atoms with Crippen LogP contribution in [-0.2, 0) is 11.3 Å². The van der Waals surface area contributed by atoms with Gasteiger partial charge < -0.3 is 10.2 Å². The molecule has 1 aromatic heterocycles. The van der Waals surface area contributed by atoms with Gasteiger partial charge in [0.1, 0.15) is 0 Å². The number of fused-ring (bicyclic) bond motifs is 1. The van der Waals surface area contributed by atoms with E-state index in [0.29, 0.717) is 62.3 Å². The van der Waals surface area contributed by atoms with Crippen molar-refractivity contribution in [2.45, 2.75) is 33.7 Å². The Hall–Kier alpha value is -2.74. The molecule has 30 heavy (non-hydrogen) atoms. The van der Waals surface area contributed by atoms with Crippen molar-refractivity contribution in [2.75, 3.05) is 39.3 Å². The lowest BCUT2D eigenvalue weighted by atomic mass is 10.1. The SMILES string of the molecule is CCCNC(=O)CN1CCN(C(=O)c2nn(CC(C)C)c(=O)c3ccccc23)CC1. The van der Waals surface area contributed by atoms with Gasteiger partial charge >= 0.3 is 0 Å². The van der Waals surface area contributed by atoms with E-state index >= 15 is 0 Å². The number of hydrogen-bond donors (Lipinski definition) is 1. The largest absolute Gasteiger partial charge is 0.355 e. The summed E-state index contributed by atoms with van der Waals surface area (Å²) in [7, 11) is 0. The van der Waals surface area contributed by atoms with Gasteiger partial charge in [-0.05, 0) is 18.4 Å². The first-order valence-electron chi connectivity index (χ1n) is 10.7. The summed E-state index contributed by atoms with van der Waals surface area (Å²) in [6, 6.07) is 7.16. The van der Waals surface area contributed by atoms with Crippen molar-refractivity contribution in [1.29, 1.82) is 0 Å². The van der Waals surface area contributed by atoms with E-state index in [1.54, 1.807) is 23.1 Å². The molecule has 2 aromatic rings. The second-order valence-electron chi connectivity index (χ2n) is 8.19. The second kappa shape index (κ2) is 9.84. The van der Waals surface area contributed by atoms with Gasteiger partial charge in [0.05, 0.1) is 11.9 Å². The lowest BCUT2D eigenvalue weighted by Gasteiger charge is -2.34. The number of aromatic nitrogens is 2. The molecule has 0 spiro atoms. The van der Waals surface area contributed by atoms with Crippen LogP contribution in [0.4, 0.5) is 0 Å². The molecular weight excluding hydrogens is 382 g/mol. The molecule has 1 fully saturated rings. The van der Waals surface area contributed by atoms with E-state index < -0.39 is 0 Å². The van der Waals surface area contributed by atoms with E-state index in [1.165, 1.54) is 4.68 Å². The molecule has 1 aliphatic heterocycles. The smallest absolute Gasteiger partial charge is 0.275 e. The highest BCUT2D eigenvalue weighted by atomic mass is 16.2. The molecule has 0 saturated carbocycles. The number of rotatable bonds is 7. The fourth-order valence-electron chi connectivity index (χ4n) is 3.64. The normalized spacial score (nSPS) is 15.0. The second-order valence-corrected chi connectivity index (χ2v) is 8.19. The summed E-state index contributed by atoms with van der Waals surface area (Å²) >= 11 is 0. The van der Waals surface area contributed by atoms with Crippen LogP contribution in [0.1, 0.15) is 37.7 Å². The minimum Gasteiger partial charge on any atom is -0.355 e. The number of carbonyl (C=O) groups is 2. The highest BCUT2D eigenvalue weighted by Gasteiger charge is 2.26. The minimum atomic E-state index is -0.168. The number of amides is 2. The maximum absolute atomic E-state index is 13.3. The fraction of sp³-hybridized carbons (Fsp3) is 0.545. The van der Waals surface area contributed by atoms with Crippen LogP contribution in [0.2, 0.25) is 0 Å². The van der Waals surface area contributed by atoms with Gasteiger partial charge in [-0.15, -0.1) is 0 Å². The lowest BCUT2D eigenvalue weighted by Crippen LogP contribution is -2.51. The van der Waals surface area contributed by atoms with Crippen LogP contribution >= 0.6 is 0 Å². The van der Waals surface area contributed by atoms with Gasteiger partial charge in [-0.25, -0.2) is 4.68 Å². The minimum absolute atomic E-state index is 0.0186. The zero-order valence-corrected chi connectivity index (χ0v) is 18.1. The first kappa shape index (κ1) is 22.0. The zero-order chi connectivity index (χ0) is 21.7. The molecule has 0 unspecified atom stereocenters. The number of nitrogens with zero attached hydrogens (tertiary/aromatic N) is 4. The quantitative estimate of drug-likeness (QED) is 0.740. The van der Waals surface area contributed by atoms with E-state index in [-0.39, 0.29) is 23.3 Å². The van der Waals surface area contributed by atoms with Crippen LogP contribution in [0.15, 0.2) is 29.1 Å². The monoisotopic (exact) mass is 413 g/mol. The van der Waals surface area contributed by atoms with Crippen LogP contribution < -0.4 is 10.9 Å². The van der Waals surface area contributed by atoms with Crippen molar-refractivity contribution in [2.24, 2.45) is 5.92 Å². The van der Waals surface area contributed by atoms with E-state index in [4.69, 9.17) is 0 Å². The molecule has 1 aromatic carbocycles. The fourth-order valence-corrected chi connectivity index (χ4v) is 3.64. The van der Waals surface area contributed by atoms with Gasteiger partial charge in [-0.2, -0.15) is 5.10 Å². The standard InChI is InChI=1S/C22H31N5O3/c1-4-9-23-19(28)15-25-10-12-26(13-11-25)22(30)20-17-7-5-6-8-18(17)21(29)27(24-20)14-16(2)3/h5-8,16H,4,9-15H2,1-3H3,(H,23,28). The molecule has 0 atom stereocenters. The van der Waals surface area contributed by atoms with Crippen molar-refractivity contribution in [3.8, 4) is 0 Å². The molecule has 0 radical (unpaired) electrons. The van der Waals surface area contributed by atoms with Crippen LogP contribution in [0.5, 0.6) is 0 Å². The average molecular weight is 414 g/mol. The maximum atomic E-state index is 13.3. The van der Waals surface area contributed by atoms with Gasteiger partial charge in [0.25, 0.3) is 11.5 Å². The Morgan fingerprint density at radius 3 is 2.40 bits per heavy atom. The Morgan fingerprint density at radius 1 is 1.10 bits per heavy atom. The number of hydrogen-bond acceptors (Lipinski definition) is 5. The predicted molar refractivity (Wildman–Crippen MR) is 116 cm³/mol.